The molecular weight excluding hydrogens is 319 g/mol. The summed E-state index contributed by atoms with van der Waals surface area (Å²) in [6.45, 7) is 8.86. The first-order chi connectivity index (χ1) is 12.2. The van der Waals surface area contributed by atoms with Gasteiger partial charge in [-0.25, -0.2) is 4.39 Å². The van der Waals surface area contributed by atoms with Crippen LogP contribution in [-0.4, -0.2) is 56.3 Å². The van der Waals surface area contributed by atoms with E-state index in [0.29, 0.717) is 31.7 Å². The zero-order valence-electron chi connectivity index (χ0n) is 15.2. The van der Waals surface area contributed by atoms with Gasteiger partial charge in [0, 0.05) is 25.7 Å². The van der Waals surface area contributed by atoms with Gasteiger partial charge in [-0.15, -0.1) is 0 Å². The summed E-state index contributed by atoms with van der Waals surface area (Å²) >= 11 is 0. The summed E-state index contributed by atoms with van der Waals surface area (Å²) in [5.41, 5.74) is 0.973. The summed E-state index contributed by atoms with van der Waals surface area (Å²) in [7, 11) is 0. The molecule has 3 rings (SSSR count). The summed E-state index contributed by atoms with van der Waals surface area (Å²) < 4.78 is 19.2. The Kier molecular flexibility index (Phi) is 6.26. The molecule has 1 aliphatic heterocycles. The molecule has 25 heavy (non-hydrogen) atoms. The lowest BCUT2D eigenvalue weighted by atomic mass is 10.0. The molecule has 138 valence electrons. The highest BCUT2D eigenvalue weighted by Gasteiger charge is 2.33. The van der Waals surface area contributed by atoms with E-state index in [0.717, 1.165) is 31.2 Å². The van der Waals surface area contributed by atoms with Crippen molar-refractivity contribution in [2.24, 2.45) is 10.9 Å². The van der Waals surface area contributed by atoms with Gasteiger partial charge in [0.2, 0.25) is 0 Å². The molecule has 3 unspecified atom stereocenters. The van der Waals surface area contributed by atoms with E-state index in [2.05, 4.69) is 29.4 Å². The standard InChI is InChI=1S/C19H29FN4O/c1-3-21-19(23-17-11-14(17)2)22-13-18(24-7-9-25-10-8-24)15-5-4-6-16(20)12-15/h4-6,12,14,17-18H,3,7-11,13H2,1-2H3,(H2,21,22,23). The maximum absolute atomic E-state index is 13.7. The average molecular weight is 348 g/mol. The number of morpholine rings is 1. The molecule has 6 heteroatoms. The number of ether oxygens (including phenoxy) is 1. The lowest BCUT2D eigenvalue weighted by Crippen LogP contribution is -2.42. The van der Waals surface area contributed by atoms with Gasteiger partial charge in [0.05, 0.1) is 25.8 Å². The van der Waals surface area contributed by atoms with Crippen LogP contribution in [0.1, 0.15) is 31.9 Å². The van der Waals surface area contributed by atoms with Crippen molar-refractivity contribution < 1.29 is 9.13 Å². The smallest absolute Gasteiger partial charge is 0.191 e. The number of benzene rings is 1. The van der Waals surface area contributed by atoms with E-state index < -0.39 is 0 Å². The number of guanidine groups is 1. The van der Waals surface area contributed by atoms with Crippen molar-refractivity contribution in [1.29, 1.82) is 0 Å². The molecule has 1 saturated heterocycles. The molecule has 1 heterocycles. The molecule has 2 fully saturated rings. The maximum atomic E-state index is 13.7. The lowest BCUT2D eigenvalue weighted by molar-refractivity contribution is 0.0179. The molecule has 3 atom stereocenters. The first-order valence-electron chi connectivity index (χ1n) is 9.29. The number of aliphatic imine (C=N–C) groups is 1. The van der Waals surface area contributed by atoms with Crippen LogP contribution in [0, 0.1) is 11.7 Å². The molecule has 2 aliphatic rings. The van der Waals surface area contributed by atoms with E-state index in [4.69, 9.17) is 9.73 Å². The quantitative estimate of drug-likeness (QED) is 0.611. The van der Waals surface area contributed by atoms with Gasteiger partial charge >= 0.3 is 0 Å². The minimum Gasteiger partial charge on any atom is -0.379 e. The van der Waals surface area contributed by atoms with E-state index in [1.54, 1.807) is 12.1 Å². The Morgan fingerprint density at radius 1 is 1.40 bits per heavy atom. The number of hydrogen-bond donors (Lipinski definition) is 2. The van der Waals surface area contributed by atoms with Crippen molar-refractivity contribution >= 4 is 5.96 Å². The number of nitrogens with zero attached hydrogens (tertiary/aromatic N) is 2. The van der Waals surface area contributed by atoms with Crippen LogP contribution in [0.15, 0.2) is 29.3 Å². The highest BCUT2D eigenvalue weighted by atomic mass is 19.1. The van der Waals surface area contributed by atoms with E-state index >= 15 is 0 Å². The van der Waals surface area contributed by atoms with Crippen LogP contribution in [0.3, 0.4) is 0 Å². The molecule has 1 saturated carbocycles. The number of rotatable bonds is 6. The van der Waals surface area contributed by atoms with Crippen LogP contribution in [0.4, 0.5) is 4.39 Å². The van der Waals surface area contributed by atoms with Gasteiger partial charge in [0.15, 0.2) is 5.96 Å². The Morgan fingerprint density at radius 3 is 2.80 bits per heavy atom. The minimum absolute atomic E-state index is 0.0617. The number of hydrogen-bond acceptors (Lipinski definition) is 3. The summed E-state index contributed by atoms with van der Waals surface area (Å²) in [4.78, 5) is 7.14. The van der Waals surface area contributed by atoms with Crippen LogP contribution in [-0.2, 0) is 4.74 Å². The molecule has 0 bridgehead atoms. The van der Waals surface area contributed by atoms with E-state index in [9.17, 15) is 4.39 Å². The zero-order chi connectivity index (χ0) is 17.6. The highest BCUT2D eigenvalue weighted by molar-refractivity contribution is 5.80. The van der Waals surface area contributed by atoms with Crippen LogP contribution in [0.25, 0.3) is 0 Å². The van der Waals surface area contributed by atoms with Gasteiger partial charge in [-0.05, 0) is 37.0 Å². The van der Waals surface area contributed by atoms with Crippen molar-refractivity contribution in [2.45, 2.75) is 32.4 Å². The van der Waals surface area contributed by atoms with Crippen LogP contribution in [0.5, 0.6) is 0 Å². The largest absolute Gasteiger partial charge is 0.379 e. The molecule has 0 amide bonds. The van der Waals surface area contributed by atoms with Crippen molar-refractivity contribution in [1.82, 2.24) is 15.5 Å². The van der Waals surface area contributed by atoms with Crippen LogP contribution < -0.4 is 10.6 Å². The molecule has 1 aromatic carbocycles. The van der Waals surface area contributed by atoms with E-state index in [1.807, 2.05) is 6.07 Å². The van der Waals surface area contributed by atoms with Gasteiger partial charge in [-0.1, -0.05) is 19.1 Å². The summed E-state index contributed by atoms with van der Waals surface area (Å²) in [5.74, 6) is 1.37. The van der Waals surface area contributed by atoms with E-state index in [1.165, 1.54) is 12.5 Å². The van der Waals surface area contributed by atoms with Crippen LogP contribution >= 0.6 is 0 Å². The fraction of sp³-hybridized carbons (Fsp3) is 0.632. The normalized spacial score (nSPS) is 25.5. The Hall–Kier alpha value is -1.66. The summed E-state index contributed by atoms with van der Waals surface area (Å²) in [6, 6.07) is 7.46. The van der Waals surface area contributed by atoms with Gasteiger partial charge < -0.3 is 15.4 Å². The monoisotopic (exact) mass is 348 g/mol. The van der Waals surface area contributed by atoms with Crippen molar-refractivity contribution in [2.75, 3.05) is 39.4 Å². The minimum atomic E-state index is -0.198. The van der Waals surface area contributed by atoms with Crippen molar-refractivity contribution in [3.63, 3.8) is 0 Å². The molecule has 0 spiro atoms. The molecule has 1 aliphatic carbocycles. The Labute approximate surface area is 149 Å². The second-order valence-electron chi connectivity index (χ2n) is 6.90. The Balaban J connectivity index is 1.74. The van der Waals surface area contributed by atoms with Gasteiger partial charge in [0.25, 0.3) is 0 Å². The molecule has 2 N–H and O–H groups in total. The molecule has 0 radical (unpaired) electrons. The lowest BCUT2D eigenvalue weighted by Gasteiger charge is -2.34. The fourth-order valence-corrected chi connectivity index (χ4v) is 3.23. The molecule has 5 nitrogen and oxygen atoms in total. The number of halogens is 1. The highest BCUT2D eigenvalue weighted by Crippen LogP contribution is 2.29. The predicted molar refractivity (Wildman–Crippen MR) is 98.2 cm³/mol. The van der Waals surface area contributed by atoms with Gasteiger partial charge in [-0.3, -0.25) is 9.89 Å². The second-order valence-corrected chi connectivity index (χ2v) is 6.90. The summed E-state index contributed by atoms with van der Waals surface area (Å²) in [5, 5.41) is 6.80. The first-order valence-corrected chi connectivity index (χ1v) is 9.29. The summed E-state index contributed by atoms with van der Waals surface area (Å²) in [6.07, 6.45) is 1.20. The second kappa shape index (κ2) is 8.63. The number of nitrogens with one attached hydrogen (secondary N) is 2. The van der Waals surface area contributed by atoms with Gasteiger partial charge in [0.1, 0.15) is 5.82 Å². The first kappa shape index (κ1) is 18.1. The molecular formula is C19H29FN4O. The predicted octanol–water partition coefficient (Wildman–Crippen LogP) is 2.16. The third-order valence-corrected chi connectivity index (χ3v) is 4.92. The molecule has 1 aromatic rings. The third kappa shape index (κ3) is 5.16. The van der Waals surface area contributed by atoms with Crippen molar-refractivity contribution in [3.8, 4) is 0 Å². The Bertz CT molecular complexity index is 589. The van der Waals surface area contributed by atoms with Crippen LogP contribution in [0.2, 0.25) is 0 Å². The Morgan fingerprint density at radius 2 is 2.16 bits per heavy atom. The third-order valence-electron chi connectivity index (χ3n) is 4.92. The maximum Gasteiger partial charge on any atom is 0.191 e. The van der Waals surface area contributed by atoms with Crippen molar-refractivity contribution in [3.05, 3.63) is 35.6 Å². The SMILES string of the molecule is CCNC(=NCC(c1cccc(F)c1)N1CCOCC1)NC1CC1C. The fourth-order valence-electron chi connectivity index (χ4n) is 3.23. The van der Waals surface area contributed by atoms with Gasteiger partial charge in [-0.2, -0.15) is 0 Å². The van der Waals surface area contributed by atoms with E-state index in [-0.39, 0.29) is 11.9 Å². The topological polar surface area (TPSA) is 48.9 Å². The zero-order valence-corrected chi connectivity index (χ0v) is 15.2. The average Bonchev–Trinajstić information content (AvgIpc) is 3.31. The molecule has 0 aromatic heterocycles.